The lowest BCUT2D eigenvalue weighted by Crippen LogP contribution is -2.10. The maximum atomic E-state index is 11.3. The molecule has 0 aromatic heterocycles. The number of carboxylic acid groups (broad SMARTS) is 1. The van der Waals surface area contributed by atoms with Crippen LogP contribution in [-0.4, -0.2) is 46.6 Å². The Balaban J connectivity index is -0.000000265. The van der Waals surface area contributed by atoms with Crippen molar-refractivity contribution in [1.82, 2.24) is 0 Å². The molecule has 0 atom stereocenters. The maximum Gasteiger partial charge on any atom is 0.306 e. The molecule has 0 rings (SSSR count). The number of hydrogen-bond acceptors (Lipinski definition) is 5. The van der Waals surface area contributed by atoms with Gasteiger partial charge in [0.2, 0.25) is 0 Å². The summed E-state index contributed by atoms with van der Waals surface area (Å²) in [5, 5.41) is 25.5. The molecule has 6 heteroatoms. The smallest absolute Gasteiger partial charge is 0.306 e. The number of carbonyl (C=O) groups is 2. The molecule has 6 nitrogen and oxygen atoms in total. The van der Waals surface area contributed by atoms with Crippen LogP contribution in [0.5, 0.6) is 0 Å². The van der Waals surface area contributed by atoms with Crippen molar-refractivity contribution in [2.45, 2.75) is 376 Å². The van der Waals surface area contributed by atoms with Crippen molar-refractivity contribution in [2.75, 3.05) is 13.2 Å². The molecule has 70 heavy (non-hydrogen) atoms. The molecule has 0 saturated heterocycles. The first kappa shape index (κ1) is 77.5. The summed E-state index contributed by atoms with van der Waals surface area (Å²) >= 11 is 0. The lowest BCUT2D eigenvalue weighted by Gasteiger charge is -2.07. The standard InChI is InChI=1S/C19H38O2.C18H34O2.C12H26O.C8H18O.C7H16/c1-4-5-6-7-8-9-10-11-12-13-14-15-16-17-19(20)21-18(2)3;1-2-3-4-5-6-7-8-9-10-11-12-13-14-15-16-17-18(19)20;1-2-3-4-5-6-7-8-9-10-11-12-13;1-2-3-4-5-6-7-8-9;1-3-5-7-6-4-2/h18H,4-17H2,1-3H3;9-10H,2-8,11-17H2,1H3,(H,19,20);13H,2-12H2,1H3;9H,2-8H2,1H3;3-7H2,1-2H3. The second-order valence-electron chi connectivity index (χ2n) is 20.7. The van der Waals surface area contributed by atoms with Crippen molar-refractivity contribution < 1.29 is 29.6 Å². The Kier molecular flexibility index (Phi) is 87.5. The summed E-state index contributed by atoms with van der Waals surface area (Å²) in [4.78, 5) is 21.7. The first-order chi connectivity index (χ1) is 34.2. The number of unbranched alkanes of at least 4 members (excludes halogenated alkanes) is 41. The molecule has 0 amide bonds. The fourth-order valence-electron chi connectivity index (χ4n) is 8.12. The van der Waals surface area contributed by atoms with E-state index in [0.29, 0.717) is 26.1 Å². The van der Waals surface area contributed by atoms with Crippen LogP contribution in [-0.2, 0) is 14.3 Å². The Morgan fingerprint density at radius 2 is 0.543 bits per heavy atom. The molecular weight excluding hydrogens is 865 g/mol. The van der Waals surface area contributed by atoms with Crippen molar-refractivity contribution in [2.24, 2.45) is 0 Å². The number of hydrogen-bond donors (Lipinski definition) is 3. The Hall–Kier alpha value is -1.40. The van der Waals surface area contributed by atoms with Gasteiger partial charge in [-0.05, 0) is 65.2 Å². The Bertz CT molecular complexity index is 884. The van der Waals surface area contributed by atoms with Crippen LogP contribution in [0.25, 0.3) is 0 Å². The van der Waals surface area contributed by atoms with E-state index >= 15 is 0 Å². The summed E-state index contributed by atoms with van der Waals surface area (Å²) in [6, 6.07) is 0. The van der Waals surface area contributed by atoms with Crippen molar-refractivity contribution in [3.05, 3.63) is 12.2 Å². The number of ether oxygens (including phenoxy) is 1. The molecule has 0 saturated carbocycles. The van der Waals surface area contributed by atoms with Gasteiger partial charge in [-0.3, -0.25) is 9.59 Å². The minimum Gasteiger partial charge on any atom is -0.481 e. The van der Waals surface area contributed by atoms with Gasteiger partial charge in [-0.2, -0.15) is 0 Å². The Labute approximate surface area is 441 Å². The molecule has 0 aromatic rings. The van der Waals surface area contributed by atoms with E-state index in [4.69, 9.17) is 20.1 Å². The highest BCUT2D eigenvalue weighted by Crippen LogP contribution is 2.15. The Morgan fingerprint density at radius 1 is 0.329 bits per heavy atom. The fourth-order valence-corrected chi connectivity index (χ4v) is 8.12. The van der Waals surface area contributed by atoms with Gasteiger partial charge in [0, 0.05) is 26.1 Å². The van der Waals surface area contributed by atoms with Gasteiger partial charge in [0.25, 0.3) is 0 Å². The minimum absolute atomic E-state index is 0.0273. The Morgan fingerprint density at radius 3 is 0.786 bits per heavy atom. The first-order valence-electron chi connectivity index (χ1n) is 31.5. The third-order valence-corrected chi connectivity index (χ3v) is 12.7. The second kappa shape index (κ2) is 79.0. The molecule has 3 N–H and O–H groups in total. The minimum atomic E-state index is -0.664. The van der Waals surface area contributed by atoms with Crippen LogP contribution in [0.15, 0.2) is 12.2 Å². The molecule has 424 valence electrons. The SMILES string of the molecule is CCCCCCC.CCCCCCCCC=CCCCCCCCC(=O)O.CCCCCCCCCCCCCCCC(=O)OC(C)C.CCCCCCCCCCCCO.CCCCCCCCO. The van der Waals surface area contributed by atoms with E-state index in [-0.39, 0.29) is 12.1 Å². The molecule has 0 heterocycles. The molecule has 0 aliphatic carbocycles. The predicted octanol–water partition coefficient (Wildman–Crippen LogP) is 21.7. The monoisotopic (exact) mass is 997 g/mol. The second-order valence-corrected chi connectivity index (χ2v) is 20.7. The largest absolute Gasteiger partial charge is 0.481 e. The summed E-state index contributed by atoms with van der Waals surface area (Å²) in [5.41, 5.74) is 0. The van der Waals surface area contributed by atoms with E-state index < -0.39 is 5.97 Å². The van der Waals surface area contributed by atoms with Gasteiger partial charge in [0.05, 0.1) is 6.10 Å². The predicted molar refractivity (Wildman–Crippen MR) is 312 cm³/mol. The van der Waals surface area contributed by atoms with Crippen molar-refractivity contribution in [3.8, 4) is 0 Å². The van der Waals surface area contributed by atoms with Crippen LogP contribution in [0.4, 0.5) is 0 Å². The molecule has 0 aliphatic heterocycles. The number of carboxylic acids is 1. The summed E-state index contributed by atoms with van der Waals surface area (Å²) in [6.07, 6.45) is 67.1. The highest BCUT2D eigenvalue weighted by molar-refractivity contribution is 5.69. The fraction of sp³-hybridized carbons (Fsp3) is 0.938. The zero-order chi connectivity index (χ0) is 52.9. The summed E-state index contributed by atoms with van der Waals surface area (Å²) < 4.78 is 5.12. The number of carbonyl (C=O) groups excluding carboxylic acids is 1. The summed E-state index contributed by atoms with van der Waals surface area (Å²) in [6.45, 7) is 18.0. The third kappa shape index (κ3) is 96.1. The zero-order valence-corrected chi connectivity index (χ0v) is 49.4. The summed E-state index contributed by atoms with van der Waals surface area (Å²) in [7, 11) is 0. The van der Waals surface area contributed by atoms with Crippen LogP contribution in [0.1, 0.15) is 370 Å². The van der Waals surface area contributed by atoms with Crippen LogP contribution >= 0.6 is 0 Å². The van der Waals surface area contributed by atoms with Gasteiger partial charge in [-0.1, -0.05) is 304 Å². The van der Waals surface area contributed by atoms with E-state index in [1.807, 2.05) is 13.8 Å². The van der Waals surface area contributed by atoms with Crippen LogP contribution in [0.3, 0.4) is 0 Å². The van der Waals surface area contributed by atoms with Crippen LogP contribution in [0, 0.1) is 0 Å². The molecule has 0 fully saturated rings. The number of aliphatic hydroxyl groups excluding tert-OH is 2. The van der Waals surface area contributed by atoms with Crippen LogP contribution in [0.2, 0.25) is 0 Å². The van der Waals surface area contributed by atoms with Gasteiger partial charge in [-0.15, -0.1) is 0 Å². The highest BCUT2D eigenvalue weighted by Gasteiger charge is 2.04. The average molecular weight is 998 g/mol. The normalized spacial score (nSPS) is 10.7. The van der Waals surface area contributed by atoms with Gasteiger partial charge in [-0.25, -0.2) is 0 Å². The highest BCUT2D eigenvalue weighted by atomic mass is 16.5. The van der Waals surface area contributed by atoms with Crippen molar-refractivity contribution in [1.29, 1.82) is 0 Å². The van der Waals surface area contributed by atoms with Gasteiger partial charge < -0.3 is 20.1 Å². The number of aliphatic carboxylic acids is 1. The maximum absolute atomic E-state index is 11.3. The third-order valence-electron chi connectivity index (χ3n) is 12.7. The number of allylic oxidation sites excluding steroid dienone is 2. The average Bonchev–Trinajstić information content (AvgIpc) is 3.34. The van der Waals surface area contributed by atoms with Crippen LogP contribution < -0.4 is 0 Å². The van der Waals surface area contributed by atoms with E-state index in [1.165, 1.54) is 270 Å². The molecule has 0 spiro atoms. The molecule has 0 radical (unpaired) electrons. The molecule has 0 aliphatic rings. The van der Waals surface area contributed by atoms with E-state index in [9.17, 15) is 9.59 Å². The lowest BCUT2D eigenvalue weighted by molar-refractivity contribution is -0.147. The lowest BCUT2D eigenvalue weighted by atomic mass is 10.0. The van der Waals surface area contributed by atoms with Gasteiger partial charge in [0.15, 0.2) is 0 Å². The van der Waals surface area contributed by atoms with Gasteiger partial charge >= 0.3 is 11.9 Å². The first-order valence-corrected chi connectivity index (χ1v) is 31.5. The molecule has 0 aromatic carbocycles. The molecule has 0 unspecified atom stereocenters. The number of esters is 1. The molecule has 0 bridgehead atoms. The van der Waals surface area contributed by atoms with E-state index in [0.717, 1.165) is 32.1 Å². The number of aliphatic hydroxyl groups is 2. The quantitative estimate of drug-likeness (QED) is 0.0319. The number of rotatable bonds is 50. The van der Waals surface area contributed by atoms with Crippen molar-refractivity contribution in [3.63, 3.8) is 0 Å². The molecular formula is C64H132O6. The van der Waals surface area contributed by atoms with Crippen molar-refractivity contribution >= 4 is 11.9 Å². The van der Waals surface area contributed by atoms with E-state index in [1.54, 1.807) is 0 Å². The topological polar surface area (TPSA) is 104 Å². The van der Waals surface area contributed by atoms with E-state index in [2.05, 4.69) is 53.7 Å². The zero-order valence-electron chi connectivity index (χ0n) is 49.4. The van der Waals surface area contributed by atoms with Gasteiger partial charge in [0.1, 0.15) is 0 Å². The summed E-state index contributed by atoms with van der Waals surface area (Å²) in [5.74, 6) is -0.698.